The fourth-order valence-electron chi connectivity index (χ4n) is 2.35. The molecule has 2 aromatic carbocycles. The quantitative estimate of drug-likeness (QED) is 0.737. The number of rotatable bonds is 6. The summed E-state index contributed by atoms with van der Waals surface area (Å²) in [5, 5.41) is 17.3. The van der Waals surface area contributed by atoms with E-state index in [-0.39, 0.29) is 17.5 Å². The lowest BCUT2D eigenvalue weighted by Gasteiger charge is -2.17. The van der Waals surface area contributed by atoms with Gasteiger partial charge in [0, 0.05) is 11.5 Å². The molecule has 128 valence electrons. The van der Waals surface area contributed by atoms with Gasteiger partial charge in [0.2, 0.25) is 5.91 Å². The van der Waals surface area contributed by atoms with Crippen molar-refractivity contribution in [1.29, 1.82) is 0 Å². The number of hydrogen-bond acceptors (Lipinski definition) is 5. The lowest BCUT2D eigenvalue weighted by molar-refractivity contribution is -0.117. The molecule has 8 heteroatoms. The maximum atomic E-state index is 13.0. The number of amides is 1. The number of aromatic nitrogens is 4. The van der Waals surface area contributed by atoms with Crippen LogP contribution in [-0.2, 0) is 11.2 Å². The summed E-state index contributed by atoms with van der Waals surface area (Å²) in [6.45, 7) is 0. The van der Waals surface area contributed by atoms with Gasteiger partial charge in [-0.25, -0.2) is 4.39 Å². The second-order valence-electron chi connectivity index (χ2n) is 5.34. The van der Waals surface area contributed by atoms with Crippen LogP contribution in [0.1, 0.15) is 17.3 Å². The zero-order valence-corrected chi connectivity index (χ0v) is 13.4. The number of anilines is 1. The summed E-state index contributed by atoms with van der Waals surface area (Å²) in [5.74, 6) is -0.411. The Kier molecular flexibility index (Phi) is 4.98. The lowest BCUT2D eigenvalue weighted by Crippen LogP contribution is -2.24. The van der Waals surface area contributed by atoms with Crippen molar-refractivity contribution in [2.24, 2.45) is 0 Å². The number of nitrogens with zero attached hydrogens (tertiary/aromatic N) is 4. The van der Waals surface area contributed by atoms with E-state index >= 15 is 0 Å². The molecule has 0 fully saturated rings. The van der Waals surface area contributed by atoms with Crippen LogP contribution in [0.4, 0.5) is 10.1 Å². The molecule has 3 aromatic rings. The summed E-state index contributed by atoms with van der Waals surface area (Å²) in [4.78, 5) is 12.7. The molecule has 0 aliphatic rings. The van der Waals surface area contributed by atoms with E-state index in [1.54, 1.807) is 7.11 Å². The van der Waals surface area contributed by atoms with Crippen molar-refractivity contribution < 1.29 is 13.9 Å². The van der Waals surface area contributed by atoms with E-state index in [0.717, 1.165) is 11.3 Å². The number of nitrogens with one attached hydrogen (secondary N) is 1. The molecule has 0 spiro atoms. The SMILES string of the molecule is COc1ccc(C[C@@H](C(=O)Nc2ccc(F)cc2)c2nnn[n-]2)cc1. The van der Waals surface area contributed by atoms with Crippen LogP contribution >= 0.6 is 0 Å². The van der Waals surface area contributed by atoms with Crippen molar-refractivity contribution in [3.05, 3.63) is 65.7 Å². The first kappa shape index (κ1) is 16.6. The number of halogens is 1. The van der Waals surface area contributed by atoms with Gasteiger partial charge >= 0.3 is 0 Å². The maximum absolute atomic E-state index is 13.0. The predicted octanol–water partition coefficient (Wildman–Crippen LogP) is 1.94. The molecule has 25 heavy (non-hydrogen) atoms. The van der Waals surface area contributed by atoms with Gasteiger partial charge in [-0.3, -0.25) is 15.1 Å². The lowest BCUT2D eigenvalue weighted by atomic mass is 9.97. The normalized spacial score (nSPS) is 11.8. The van der Waals surface area contributed by atoms with Crippen molar-refractivity contribution in [2.75, 3.05) is 12.4 Å². The van der Waals surface area contributed by atoms with Crippen LogP contribution in [0.2, 0.25) is 0 Å². The van der Waals surface area contributed by atoms with Crippen LogP contribution in [0.5, 0.6) is 5.75 Å². The molecule has 1 heterocycles. The van der Waals surface area contributed by atoms with Crippen molar-refractivity contribution in [2.45, 2.75) is 12.3 Å². The van der Waals surface area contributed by atoms with Gasteiger partial charge in [0.1, 0.15) is 11.6 Å². The molecule has 0 aliphatic heterocycles. The van der Waals surface area contributed by atoms with Crippen molar-refractivity contribution in [3.8, 4) is 5.75 Å². The molecular formula is C17H15FN5O2-. The highest BCUT2D eigenvalue weighted by Crippen LogP contribution is 2.21. The molecule has 0 unspecified atom stereocenters. The van der Waals surface area contributed by atoms with Gasteiger partial charge in [-0.1, -0.05) is 12.1 Å². The van der Waals surface area contributed by atoms with E-state index in [9.17, 15) is 9.18 Å². The highest BCUT2D eigenvalue weighted by atomic mass is 19.1. The first-order valence-corrected chi connectivity index (χ1v) is 7.53. The highest BCUT2D eigenvalue weighted by molar-refractivity contribution is 5.95. The molecule has 1 N–H and O–H groups in total. The predicted molar refractivity (Wildman–Crippen MR) is 87.6 cm³/mol. The Bertz CT molecular complexity index is 819. The Labute approximate surface area is 143 Å². The monoisotopic (exact) mass is 340 g/mol. The Morgan fingerprint density at radius 1 is 1.20 bits per heavy atom. The number of tetrazole rings is 1. The van der Waals surface area contributed by atoms with Crippen LogP contribution < -0.4 is 15.2 Å². The third kappa shape index (κ3) is 4.17. The molecule has 0 saturated heterocycles. The van der Waals surface area contributed by atoms with E-state index < -0.39 is 5.92 Å². The largest absolute Gasteiger partial charge is 0.497 e. The number of hydrogen-bond donors (Lipinski definition) is 1. The minimum Gasteiger partial charge on any atom is -0.497 e. The second kappa shape index (κ2) is 7.52. The first-order chi connectivity index (χ1) is 12.2. The van der Waals surface area contributed by atoms with Gasteiger partial charge in [-0.15, -0.1) is 0 Å². The zero-order valence-electron chi connectivity index (χ0n) is 13.4. The van der Waals surface area contributed by atoms with Gasteiger partial charge in [0.15, 0.2) is 0 Å². The molecular weight excluding hydrogens is 325 g/mol. The van der Waals surface area contributed by atoms with E-state index in [1.165, 1.54) is 24.3 Å². The molecule has 1 amide bonds. The third-order valence-corrected chi connectivity index (χ3v) is 3.67. The van der Waals surface area contributed by atoms with E-state index in [1.807, 2.05) is 24.3 Å². The Hall–Kier alpha value is -3.29. The summed E-state index contributed by atoms with van der Waals surface area (Å²) >= 11 is 0. The van der Waals surface area contributed by atoms with Crippen molar-refractivity contribution >= 4 is 11.6 Å². The van der Waals surface area contributed by atoms with Crippen LogP contribution in [0.15, 0.2) is 48.5 Å². The molecule has 1 aromatic heterocycles. The molecule has 0 saturated carbocycles. The van der Waals surface area contributed by atoms with Crippen molar-refractivity contribution in [3.63, 3.8) is 0 Å². The fraction of sp³-hybridized carbons (Fsp3) is 0.176. The van der Waals surface area contributed by atoms with E-state index in [4.69, 9.17) is 4.74 Å². The summed E-state index contributed by atoms with van der Waals surface area (Å²) in [6, 6.07) is 12.9. The third-order valence-electron chi connectivity index (χ3n) is 3.67. The number of benzene rings is 2. The van der Waals surface area contributed by atoms with Crippen LogP contribution in [0, 0.1) is 5.82 Å². The van der Waals surface area contributed by atoms with Gasteiger partial charge < -0.3 is 15.2 Å². The minimum absolute atomic E-state index is 0.232. The molecule has 0 radical (unpaired) electrons. The Morgan fingerprint density at radius 3 is 2.52 bits per heavy atom. The summed E-state index contributed by atoms with van der Waals surface area (Å²) in [6.07, 6.45) is 0.365. The molecule has 3 rings (SSSR count). The Balaban J connectivity index is 1.79. The fourth-order valence-corrected chi connectivity index (χ4v) is 2.35. The number of carbonyl (C=O) groups is 1. The molecule has 1 atom stereocenters. The molecule has 0 aliphatic carbocycles. The second-order valence-corrected chi connectivity index (χ2v) is 5.34. The number of ether oxygens (including phenoxy) is 1. The van der Waals surface area contributed by atoms with Gasteiger partial charge in [-0.05, 0) is 48.4 Å². The number of methoxy groups -OCH3 is 1. The van der Waals surface area contributed by atoms with Crippen LogP contribution in [0.3, 0.4) is 0 Å². The first-order valence-electron chi connectivity index (χ1n) is 7.53. The summed E-state index contributed by atoms with van der Waals surface area (Å²) in [5.41, 5.74) is 1.39. The molecule has 7 nitrogen and oxygen atoms in total. The van der Waals surface area contributed by atoms with Crippen LogP contribution in [0.25, 0.3) is 0 Å². The zero-order chi connectivity index (χ0) is 17.6. The van der Waals surface area contributed by atoms with Gasteiger partial charge in [0.25, 0.3) is 0 Å². The van der Waals surface area contributed by atoms with Crippen LogP contribution in [-0.4, -0.2) is 28.5 Å². The van der Waals surface area contributed by atoms with Gasteiger partial charge in [-0.2, -0.15) is 5.21 Å². The van der Waals surface area contributed by atoms with Gasteiger partial charge in [0.05, 0.1) is 13.0 Å². The number of carbonyl (C=O) groups excluding carboxylic acids is 1. The minimum atomic E-state index is -0.673. The molecule has 0 bridgehead atoms. The topological polar surface area (TPSA) is 91.1 Å². The van der Waals surface area contributed by atoms with E-state index in [2.05, 4.69) is 25.9 Å². The summed E-state index contributed by atoms with van der Waals surface area (Å²) in [7, 11) is 1.59. The summed E-state index contributed by atoms with van der Waals surface area (Å²) < 4.78 is 18.1. The van der Waals surface area contributed by atoms with Crippen molar-refractivity contribution in [1.82, 2.24) is 20.6 Å². The average molecular weight is 340 g/mol. The standard InChI is InChI=1S/C17H16FN5O2/c1-25-14-8-2-11(3-9-14)10-15(16-20-22-23-21-16)17(24)19-13-6-4-12(18)5-7-13/h2-9,15H,10H2,1H3,(H2,19,20,21,22,23,24)/p-1/t15-/m1/s1. The maximum Gasteiger partial charge on any atom is 0.232 e. The Morgan fingerprint density at radius 2 is 1.92 bits per heavy atom. The average Bonchev–Trinajstić information content (AvgIpc) is 3.16. The van der Waals surface area contributed by atoms with E-state index in [0.29, 0.717) is 12.1 Å². The highest BCUT2D eigenvalue weighted by Gasteiger charge is 2.21. The smallest absolute Gasteiger partial charge is 0.232 e.